The summed E-state index contributed by atoms with van der Waals surface area (Å²) in [7, 11) is 4.21. The average molecular weight is 259 g/mol. The third-order valence-electron chi connectivity index (χ3n) is 3.87. The third kappa shape index (κ3) is 3.90. The summed E-state index contributed by atoms with van der Waals surface area (Å²) in [6, 6.07) is 3.79. The largest absolute Gasteiger partial charge is 0.360 e. The SMILES string of the molecule is CN1CCC(CCN(C)c2cc(C#N)ncn2)CC1. The van der Waals surface area contributed by atoms with Gasteiger partial charge in [0.2, 0.25) is 0 Å². The maximum atomic E-state index is 8.84. The summed E-state index contributed by atoms with van der Waals surface area (Å²) >= 11 is 0. The molecule has 5 nitrogen and oxygen atoms in total. The third-order valence-corrected chi connectivity index (χ3v) is 3.87. The molecule has 0 radical (unpaired) electrons. The number of aromatic nitrogens is 2. The Bertz CT molecular complexity index is 445. The summed E-state index contributed by atoms with van der Waals surface area (Å²) in [5.74, 6) is 1.65. The quantitative estimate of drug-likeness (QED) is 0.820. The van der Waals surface area contributed by atoms with Crippen LogP contribution >= 0.6 is 0 Å². The molecule has 1 aromatic rings. The molecule has 1 fully saturated rings. The van der Waals surface area contributed by atoms with Gasteiger partial charge in [0.05, 0.1) is 0 Å². The first-order valence-corrected chi connectivity index (χ1v) is 6.81. The van der Waals surface area contributed by atoms with Gasteiger partial charge in [-0.2, -0.15) is 5.26 Å². The van der Waals surface area contributed by atoms with Gasteiger partial charge in [-0.3, -0.25) is 0 Å². The van der Waals surface area contributed by atoms with Crippen LogP contribution in [-0.2, 0) is 0 Å². The lowest BCUT2D eigenvalue weighted by Gasteiger charge is -2.30. The van der Waals surface area contributed by atoms with Crippen molar-refractivity contribution in [2.75, 3.05) is 38.6 Å². The highest BCUT2D eigenvalue weighted by molar-refractivity contribution is 5.40. The number of likely N-dealkylation sites (tertiary alicyclic amines) is 1. The van der Waals surface area contributed by atoms with E-state index in [0.29, 0.717) is 5.69 Å². The first-order valence-electron chi connectivity index (χ1n) is 6.81. The van der Waals surface area contributed by atoms with Gasteiger partial charge >= 0.3 is 0 Å². The lowest BCUT2D eigenvalue weighted by Crippen LogP contribution is -2.32. The Morgan fingerprint density at radius 3 is 2.84 bits per heavy atom. The summed E-state index contributed by atoms with van der Waals surface area (Å²) < 4.78 is 0. The molecule has 1 aliphatic rings. The van der Waals surface area contributed by atoms with E-state index >= 15 is 0 Å². The van der Waals surface area contributed by atoms with Crippen molar-refractivity contribution in [3.63, 3.8) is 0 Å². The van der Waals surface area contributed by atoms with Crippen LogP contribution in [0, 0.1) is 17.2 Å². The van der Waals surface area contributed by atoms with Crippen LogP contribution in [0.1, 0.15) is 25.0 Å². The van der Waals surface area contributed by atoms with Crippen LogP contribution in [0.25, 0.3) is 0 Å². The van der Waals surface area contributed by atoms with Crippen molar-refractivity contribution in [3.8, 4) is 6.07 Å². The van der Waals surface area contributed by atoms with Crippen molar-refractivity contribution in [3.05, 3.63) is 18.1 Å². The molecule has 1 saturated heterocycles. The Balaban J connectivity index is 1.84. The maximum absolute atomic E-state index is 8.84. The molecule has 0 unspecified atom stereocenters. The predicted molar refractivity (Wildman–Crippen MR) is 74.9 cm³/mol. The molecule has 0 aromatic carbocycles. The summed E-state index contributed by atoms with van der Waals surface area (Å²) in [5.41, 5.74) is 0.427. The van der Waals surface area contributed by atoms with Gasteiger partial charge in [-0.1, -0.05) is 0 Å². The van der Waals surface area contributed by atoms with Crippen LogP contribution in [-0.4, -0.2) is 48.6 Å². The van der Waals surface area contributed by atoms with Gasteiger partial charge in [-0.15, -0.1) is 0 Å². The molecule has 1 aromatic heterocycles. The molecular formula is C14H21N5. The zero-order valence-corrected chi connectivity index (χ0v) is 11.7. The molecular weight excluding hydrogens is 238 g/mol. The van der Waals surface area contributed by atoms with Crippen LogP contribution in [0.4, 0.5) is 5.82 Å². The Hall–Kier alpha value is -1.67. The minimum atomic E-state index is 0.427. The van der Waals surface area contributed by atoms with E-state index in [-0.39, 0.29) is 0 Å². The number of nitrogens with zero attached hydrogens (tertiary/aromatic N) is 5. The maximum Gasteiger partial charge on any atom is 0.145 e. The minimum Gasteiger partial charge on any atom is -0.360 e. The normalized spacial score (nSPS) is 17.1. The number of hydrogen-bond acceptors (Lipinski definition) is 5. The van der Waals surface area contributed by atoms with Gasteiger partial charge < -0.3 is 9.80 Å². The van der Waals surface area contributed by atoms with Crippen LogP contribution in [0.5, 0.6) is 0 Å². The van der Waals surface area contributed by atoms with Crippen molar-refractivity contribution in [2.45, 2.75) is 19.3 Å². The van der Waals surface area contributed by atoms with Crippen LogP contribution in [0.15, 0.2) is 12.4 Å². The number of rotatable bonds is 4. The number of hydrogen-bond donors (Lipinski definition) is 0. The Morgan fingerprint density at radius 2 is 2.16 bits per heavy atom. The molecule has 0 amide bonds. The van der Waals surface area contributed by atoms with Crippen molar-refractivity contribution in [2.24, 2.45) is 5.92 Å². The smallest absolute Gasteiger partial charge is 0.145 e. The zero-order valence-electron chi connectivity index (χ0n) is 11.7. The van der Waals surface area contributed by atoms with E-state index in [9.17, 15) is 0 Å². The molecule has 0 N–H and O–H groups in total. The fraction of sp³-hybridized carbons (Fsp3) is 0.643. The highest BCUT2D eigenvalue weighted by Crippen LogP contribution is 2.20. The fourth-order valence-corrected chi connectivity index (χ4v) is 2.46. The van der Waals surface area contributed by atoms with E-state index in [1.54, 1.807) is 6.07 Å². The first-order chi connectivity index (χ1) is 9.19. The number of nitriles is 1. The van der Waals surface area contributed by atoms with Crippen molar-refractivity contribution in [1.29, 1.82) is 5.26 Å². The Kier molecular flexibility index (Phi) is 4.69. The Morgan fingerprint density at radius 1 is 1.42 bits per heavy atom. The minimum absolute atomic E-state index is 0.427. The second-order valence-corrected chi connectivity index (χ2v) is 5.33. The van der Waals surface area contributed by atoms with Gasteiger partial charge in [0.25, 0.3) is 0 Å². The van der Waals surface area contributed by atoms with Gasteiger partial charge in [-0.25, -0.2) is 9.97 Å². The van der Waals surface area contributed by atoms with E-state index in [4.69, 9.17) is 5.26 Å². The molecule has 19 heavy (non-hydrogen) atoms. The van der Waals surface area contributed by atoms with Crippen LogP contribution in [0.3, 0.4) is 0 Å². The molecule has 0 aliphatic carbocycles. The summed E-state index contributed by atoms with van der Waals surface area (Å²) in [4.78, 5) is 12.6. The second kappa shape index (κ2) is 6.48. The molecule has 2 rings (SSSR count). The zero-order chi connectivity index (χ0) is 13.7. The summed E-state index contributed by atoms with van der Waals surface area (Å²) in [5, 5.41) is 8.84. The lowest BCUT2D eigenvalue weighted by atomic mass is 9.94. The topological polar surface area (TPSA) is 56.0 Å². The highest BCUT2D eigenvalue weighted by Gasteiger charge is 2.17. The van der Waals surface area contributed by atoms with E-state index in [1.807, 2.05) is 13.1 Å². The molecule has 1 aliphatic heterocycles. The fourth-order valence-electron chi connectivity index (χ4n) is 2.46. The number of piperidine rings is 1. The van der Waals surface area contributed by atoms with Crippen LogP contribution < -0.4 is 4.90 Å². The molecule has 0 bridgehead atoms. The molecule has 2 heterocycles. The first kappa shape index (κ1) is 13.8. The summed E-state index contributed by atoms with van der Waals surface area (Å²) in [6.45, 7) is 3.40. The lowest BCUT2D eigenvalue weighted by molar-refractivity contribution is 0.213. The predicted octanol–water partition coefficient (Wildman–Crippen LogP) is 1.52. The van der Waals surface area contributed by atoms with Gasteiger partial charge in [-0.05, 0) is 45.3 Å². The van der Waals surface area contributed by atoms with Crippen molar-refractivity contribution < 1.29 is 0 Å². The standard InChI is InChI=1S/C14H21N5/c1-18-6-3-12(4-7-18)5-8-19(2)14-9-13(10-15)16-11-17-14/h9,11-12H,3-8H2,1-2H3. The Labute approximate surface area is 114 Å². The molecule has 102 valence electrons. The molecule has 0 saturated carbocycles. The average Bonchev–Trinajstić information content (AvgIpc) is 2.46. The van der Waals surface area contributed by atoms with Crippen molar-refractivity contribution >= 4 is 5.82 Å². The second-order valence-electron chi connectivity index (χ2n) is 5.33. The summed E-state index contributed by atoms with van der Waals surface area (Å²) in [6.07, 6.45) is 5.23. The monoisotopic (exact) mass is 259 g/mol. The van der Waals surface area contributed by atoms with E-state index in [2.05, 4.69) is 26.8 Å². The van der Waals surface area contributed by atoms with E-state index in [1.165, 1.54) is 38.7 Å². The van der Waals surface area contributed by atoms with Gasteiger partial charge in [0.1, 0.15) is 23.9 Å². The van der Waals surface area contributed by atoms with E-state index < -0.39 is 0 Å². The number of anilines is 1. The molecule has 0 atom stereocenters. The molecule has 0 spiro atoms. The van der Waals surface area contributed by atoms with Gasteiger partial charge in [0, 0.05) is 19.7 Å². The highest BCUT2D eigenvalue weighted by atomic mass is 15.2. The van der Waals surface area contributed by atoms with E-state index in [0.717, 1.165) is 18.3 Å². The van der Waals surface area contributed by atoms with Crippen LogP contribution in [0.2, 0.25) is 0 Å². The van der Waals surface area contributed by atoms with Gasteiger partial charge in [0.15, 0.2) is 0 Å². The van der Waals surface area contributed by atoms with Crippen molar-refractivity contribution in [1.82, 2.24) is 14.9 Å². The molecule has 5 heteroatoms.